The Hall–Kier alpha value is -3.64. The number of pyridine rings is 1. The first-order valence-electron chi connectivity index (χ1n) is 8.85. The van der Waals surface area contributed by atoms with E-state index in [-0.39, 0.29) is 12.4 Å². The van der Waals surface area contributed by atoms with Gasteiger partial charge in [-0.1, -0.05) is 30.3 Å². The molecule has 6 nitrogen and oxygen atoms in total. The summed E-state index contributed by atoms with van der Waals surface area (Å²) in [6.45, 7) is 2.15. The molecule has 0 fully saturated rings. The van der Waals surface area contributed by atoms with Crippen LogP contribution in [0, 0.1) is 6.92 Å². The molecule has 0 aliphatic carbocycles. The molecule has 6 heteroatoms. The molecule has 4 aromatic rings. The second kappa shape index (κ2) is 7.94. The van der Waals surface area contributed by atoms with Crippen molar-refractivity contribution in [2.45, 2.75) is 13.5 Å². The molecule has 0 radical (unpaired) electrons. The van der Waals surface area contributed by atoms with E-state index in [1.807, 2.05) is 61.5 Å². The largest absolute Gasteiger partial charge is 0.464 e. The molecule has 0 aliphatic heterocycles. The summed E-state index contributed by atoms with van der Waals surface area (Å²) in [6, 6.07) is 21.1. The van der Waals surface area contributed by atoms with Crippen molar-refractivity contribution in [1.82, 2.24) is 10.5 Å². The molecule has 2 aromatic carbocycles. The number of nitrogens with one attached hydrogen (secondary N) is 1. The van der Waals surface area contributed by atoms with E-state index in [0.717, 1.165) is 16.5 Å². The van der Waals surface area contributed by atoms with Crippen LogP contribution >= 0.6 is 0 Å². The summed E-state index contributed by atoms with van der Waals surface area (Å²) < 4.78 is 11.5. The number of benzene rings is 2. The number of fused-ring (bicyclic) bond motifs is 1. The smallest absolute Gasteiger partial charge is 0.230 e. The Morgan fingerprint density at radius 3 is 2.71 bits per heavy atom. The summed E-state index contributed by atoms with van der Waals surface area (Å²) in [5, 5.41) is 11.8. The molecule has 0 atom stereocenters. The first kappa shape index (κ1) is 17.8. The van der Waals surface area contributed by atoms with E-state index >= 15 is 0 Å². The quantitative estimate of drug-likeness (QED) is 0.297. The van der Waals surface area contributed by atoms with Gasteiger partial charge in [-0.25, -0.2) is 4.98 Å². The van der Waals surface area contributed by atoms with Crippen LogP contribution in [-0.2, 0) is 6.54 Å². The van der Waals surface area contributed by atoms with Crippen molar-refractivity contribution in [3.8, 4) is 11.6 Å². The Labute approximate surface area is 162 Å². The third kappa shape index (κ3) is 3.87. The summed E-state index contributed by atoms with van der Waals surface area (Å²) >= 11 is 0. The van der Waals surface area contributed by atoms with Crippen molar-refractivity contribution >= 4 is 16.6 Å². The van der Waals surface area contributed by atoms with E-state index in [1.165, 1.54) is 0 Å². The van der Waals surface area contributed by atoms with E-state index in [9.17, 15) is 5.21 Å². The molecule has 2 N–H and O–H groups in total. The number of hydroxylamine groups is 1. The number of ether oxygens (including phenoxy) is 1. The summed E-state index contributed by atoms with van der Waals surface area (Å²) in [7, 11) is 0. The molecule has 0 amide bonds. The van der Waals surface area contributed by atoms with Crippen LogP contribution in [0.1, 0.15) is 17.1 Å². The lowest BCUT2D eigenvalue weighted by Gasteiger charge is -2.11. The van der Waals surface area contributed by atoms with Gasteiger partial charge in [0, 0.05) is 6.20 Å². The molecule has 28 heavy (non-hydrogen) atoms. The number of rotatable bonds is 5. The lowest BCUT2D eigenvalue weighted by Crippen LogP contribution is -2.21. The molecule has 0 unspecified atom stereocenters. The predicted molar refractivity (Wildman–Crippen MR) is 107 cm³/mol. The van der Waals surface area contributed by atoms with Crippen molar-refractivity contribution in [2.75, 3.05) is 0 Å². The summed E-state index contributed by atoms with van der Waals surface area (Å²) in [5.74, 6) is 2.75. The third-order valence-corrected chi connectivity index (χ3v) is 4.26. The Morgan fingerprint density at radius 1 is 1.07 bits per heavy atom. The minimum absolute atomic E-state index is 0.248. The number of aliphatic imine (C=N–C) groups is 1. The monoisotopic (exact) mass is 373 g/mol. The fourth-order valence-corrected chi connectivity index (χ4v) is 2.90. The Kier molecular flexibility index (Phi) is 5.03. The van der Waals surface area contributed by atoms with E-state index in [0.29, 0.717) is 23.0 Å². The van der Waals surface area contributed by atoms with Crippen LogP contribution in [0.2, 0.25) is 0 Å². The number of hydrogen-bond acceptors (Lipinski definition) is 5. The van der Waals surface area contributed by atoms with E-state index in [1.54, 1.807) is 18.3 Å². The zero-order valence-electron chi connectivity index (χ0n) is 15.3. The normalized spacial score (nSPS) is 11.6. The van der Waals surface area contributed by atoms with Crippen molar-refractivity contribution in [3.05, 3.63) is 90.0 Å². The summed E-state index contributed by atoms with van der Waals surface area (Å²) in [4.78, 5) is 8.69. The van der Waals surface area contributed by atoms with Crippen LogP contribution in [0.15, 0.2) is 82.3 Å². The maximum absolute atomic E-state index is 9.60. The van der Waals surface area contributed by atoms with Crippen LogP contribution in [0.4, 0.5) is 0 Å². The van der Waals surface area contributed by atoms with Crippen LogP contribution in [0.3, 0.4) is 0 Å². The minimum Gasteiger partial charge on any atom is -0.464 e. The molecule has 0 saturated heterocycles. The van der Waals surface area contributed by atoms with Crippen molar-refractivity contribution < 1.29 is 14.4 Å². The van der Waals surface area contributed by atoms with Crippen molar-refractivity contribution in [2.24, 2.45) is 4.99 Å². The molecule has 140 valence electrons. The van der Waals surface area contributed by atoms with Gasteiger partial charge >= 0.3 is 0 Å². The second-order valence-corrected chi connectivity index (χ2v) is 6.26. The first-order valence-corrected chi connectivity index (χ1v) is 8.85. The fraction of sp³-hybridized carbons (Fsp3) is 0.0909. The van der Waals surface area contributed by atoms with E-state index in [2.05, 4.69) is 15.5 Å². The van der Waals surface area contributed by atoms with Gasteiger partial charge in [-0.3, -0.25) is 15.7 Å². The van der Waals surface area contributed by atoms with Crippen LogP contribution in [-0.4, -0.2) is 16.0 Å². The molecule has 0 bridgehead atoms. The zero-order valence-corrected chi connectivity index (χ0v) is 15.3. The van der Waals surface area contributed by atoms with Gasteiger partial charge in [0.2, 0.25) is 5.88 Å². The Balaban J connectivity index is 1.62. The minimum atomic E-state index is 0.248. The zero-order chi connectivity index (χ0) is 19.3. The number of amidine groups is 1. The summed E-state index contributed by atoms with van der Waals surface area (Å²) in [6.07, 6.45) is 1.63. The molecular formula is C22H19N3O3. The number of furan rings is 1. The maximum atomic E-state index is 9.60. The Morgan fingerprint density at radius 2 is 1.93 bits per heavy atom. The SMILES string of the molecule is Cc1ccc(CN=C(NO)c2cccnc2Oc2ccc3ccccc3c2)o1. The van der Waals surface area contributed by atoms with Crippen LogP contribution in [0.25, 0.3) is 10.8 Å². The third-order valence-electron chi connectivity index (χ3n) is 4.26. The van der Waals surface area contributed by atoms with Gasteiger partial charge < -0.3 is 9.15 Å². The van der Waals surface area contributed by atoms with Crippen LogP contribution in [0.5, 0.6) is 11.6 Å². The summed E-state index contributed by atoms with van der Waals surface area (Å²) in [5.41, 5.74) is 2.68. The Bertz CT molecular complexity index is 1130. The van der Waals surface area contributed by atoms with Gasteiger partial charge in [-0.05, 0) is 54.1 Å². The van der Waals surface area contributed by atoms with Gasteiger partial charge in [0.05, 0.1) is 12.1 Å². The average molecular weight is 373 g/mol. The highest BCUT2D eigenvalue weighted by molar-refractivity contribution is 6.00. The maximum Gasteiger partial charge on any atom is 0.230 e. The topological polar surface area (TPSA) is 79.9 Å². The first-order chi connectivity index (χ1) is 13.7. The highest BCUT2D eigenvalue weighted by Crippen LogP contribution is 2.26. The lowest BCUT2D eigenvalue weighted by atomic mass is 10.1. The van der Waals surface area contributed by atoms with Crippen molar-refractivity contribution in [3.63, 3.8) is 0 Å². The van der Waals surface area contributed by atoms with E-state index in [4.69, 9.17) is 9.15 Å². The molecule has 0 aliphatic rings. The van der Waals surface area contributed by atoms with Crippen LogP contribution < -0.4 is 10.2 Å². The van der Waals surface area contributed by atoms with Crippen molar-refractivity contribution in [1.29, 1.82) is 0 Å². The number of nitrogens with zero attached hydrogens (tertiary/aromatic N) is 2. The standard InChI is InChI=1S/C22H19N3O3/c1-15-8-10-19(27-15)14-24-21(25-26)20-7-4-12-23-22(20)28-18-11-9-16-5-2-3-6-17(16)13-18/h2-13,26H,14H2,1H3,(H,24,25). The number of hydrogen-bond donors (Lipinski definition) is 2. The van der Waals surface area contributed by atoms with E-state index < -0.39 is 0 Å². The highest BCUT2D eigenvalue weighted by Gasteiger charge is 2.13. The predicted octanol–water partition coefficient (Wildman–Crippen LogP) is 4.85. The molecule has 0 spiro atoms. The number of aryl methyl sites for hydroxylation is 1. The van der Waals surface area contributed by atoms with Gasteiger partial charge in [0.15, 0.2) is 5.84 Å². The lowest BCUT2D eigenvalue weighted by molar-refractivity contribution is 0.234. The van der Waals surface area contributed by atoms with Gasteiger partial charge in [0.25, 0.3) is 0 Å². The molecule has 0 saturated carbocycles. The number of aromatic nitrogens is 1. The highest BCUT2D eigenvalue weighted by atomic mass is 16.5. The average Bonchev–Trinajstić information content (AvgIpc) is 3.14. The van der Waals surface area contributed by atoms with Gasteiger partial charge in [0.1, 0.15) is 17.3 Å². The molecular weight excluding hydrogens is 354 g/mol. The molecule has 2 aromatic heterocycles. The fourth-order valence-electron chi connectivity index (χ4n) is 2.90. The van der Waals surface area contributed by atoms with Gasteiger partial charge in [-0.15, -0.1) is 0 Å². The van der Waals surface area contributed by atoms with Gasteiger partial charge in [-0.2, -0.15) is 0 Å². The second-order valence-electron chi connectivity index (χ2n) is 6.26. The molecule has 4 rings (SSSR count). The molecule has 2 heterocycles.